The second-order valence-corrected chi connectivity index (χ2v) is 6.13. The standard InChI is InChI=1S/C17H25NO2/c1-13(2)17(9-10-17)12-18-11-15(16(19)20-3)14-7-5-4-6-8-14/h4-8,13,15,18H,9-12H2,1-3H3. The van der Waals surface area contributed by atoms with Gasteiger partial charge in [0.05, 0.1) is 13.0 Å². The van der Waals surface area contributed by atoms with Gasteiger partial charge in [-0.2, -0.15) is 0 Å². The summed E-state index contributed by atoms with van der Waals surface area (Å²) in [7, 11) is 1.45. The Morgan fingerprint density at radius 3 is 2.45 bits per heavy atom. The fraction of sp³-hybridized carbons (Fsp3) is 0.588. The quantitative estimate of drug-likeness (QED) is 0.778. The normalized spacial score (nSPS) is 17.8. The molecule has 1 fully saturated rings. The second kappa shape index (κ2) is 6.40. The predicted octanol–water partition coefficient (Wildman–Crippen LogP) is 2.97. The first-order valence-corrected chi connectivity index (χ1v) is 7.42. The van der Waals surface area contributed by atoms with Crippen molar-refractivity contribution in [3.63, 3.8) is 0 Å². The molecule has 1 N–H and O–H groups in total. The van der Waals surface area contributed by atoms with E-state index < -0.39 is 0 Å². The maximum Gasteiger partial charge on any atom is 0.314 e. The summed E-state index contributed by atoms with van der Waals surface area (Å²) >= 11 is 0. The number of rotatable bonds is 7. The molecule has 0 radical (unpaired) electrons. The first-order valence-electron chi connectivity index (χ1n) is 7.42. The molecule has 3 heteroatoms. The first-order chi connectivity index (χ1) is 9.59. The monoisotopic (exact) mass is 275 g/mol. The van der Waals surface area contributed by atoms with Crippen molar-refractivity contribution in [3.05, 3.63) is 35.9 Å². The van der Waals surface area contributed by atoms with Crippen molar-refractivity contribution < 1.29 is 9.53 Å². The number of hydrogen-bond donors (Lipinski definition) is 1. The number of ether oxygens (including phenoxy) is 1. The third-order valence-electron chi connectivity index (χ3n) is 4.63. The van der Waals surface area contributed by atoms with E-state index in [2.05, 4.69) is 19.2 Å². The van der Waals surface area contributed by atoms with Gasteiger partial charge in [-0.15, -0.1) is 0 Å². The molecule has 0 heterocycles. The van der Waals surface area contributed by atoms with Gasteiger partial charge in [-0.3, -0.25) is 4.79 Å². The van der Waals surface area contributed by atoms with E-state index in [1.165, 1.54) is 20.0 Å². The van der Waals surface area contributed by atoms with Crippen molar-refractivity contribution >= 4 is 5.97 Å². The fourth-order valence-electron chi connectivity index (χ4n) is 2.75. The van der Waals surface area contributed by atoms with Crippen LogP contribution in [0.5, 0.6) is 0 Å². The molecule has 110 valence electrons. The van der Waals surface area contributed by atoms with Gasteiger partial charge in [0, 0.05) is 13.1 Å². The van der Waals surface area contributed by atoms with Crippen LogP contribution >= 0.6 is 0 Å². The lowest BCUT2D eigenvalue weighted by molar-refractivity contribution is -0.142. The molecule has 1 aromatic rings. The van der Waals surface area contributed by atoms with Gasteiger partial charge >= 0.3 is 5.97 Å². The van der Waals surface area contributed by atoms with Gasteiger partial charge in [-0.05, 0) is 29.7 Å². The summed E-state index contributed by atoms with van der Waals surface area (Å²) in [6, 6.07) is 9.85. The number of carbonyl (C=O) groups is 1. The molecule has 2 rings (SSSR count). The molecule has 0 saturated heterocycles. The summed E-state index contributed by atoms with van der Waals surface area (Å²) < 4.78 is 4.93. The number of benzene rings is 1. The molecule has 1 unspecified atom stereocenters. The third-order valence-corrected chi connectivity index (χ3v) is 4.63. The largest absolute Gasteiger partial charge is 0.469 e. The maximum atomic E-state index is 12.0. The highest BCUT2D eigenvalue weighted by molar-refractivity contribution is 5.78. The number of carbonyl (C=O) groups excluding carboxylic acids is 1. The lowest BCUT2D eigenvalue weighted by atomic mass is 9.92. The van der Waals surface area contributed by atoms with E-state index in [-0.39, 0.29) is 11.9 Å². The van der Waals surface area contributed by atoms with Crippen LogP contribution in [-0.2, 0) is 9.53 Å². The Bertz CT molecular complexity index is 438. The molecule has 1 aromatic carbocycles. The molecule has 0 amide bonds. The van der Waals surface area contributed by atoms with Crippen LogP contribution in [-0.4, -0.2) is 26.2 Å². The average molecular weight is 275 g/mol. The average Bonchev–Trinajstić information content (AvgIpc) is 3.25. The zero-order valence-electron chi connectivity index (χ0n) is 12.7. The topological polar surface area (TPSA) is 38.3 Å². The van der Waals surface area contributed by atoms with Crippen molar-refractivity contribution in [2.75, 3.05) is 20.2 Å². The van der Waals surface area contributed by atoms with E-state index in [1.54, 1.807) is 0 Å². The number of methoxy groups -OCH3 is 1. The van der Waals surface area contributed by atoms with Crippen LogP contribution in [0.15, 0.2) is 30.3 Å². The van der Waals surface area contributed by atoms with Crippen LogP contribution < -0.4 is 5.32 Å². The van der Waals surface area contributed by atoms with E-state index >= 15 is 0 Å². The zero-order chi connectivity index (χ0) is 14.6. The number of esters is 1. The summed E-state index contributed by atoms with van der Waals surface area (Å²) in [6.07, 6.45) is 2.60. The van der Waals surface area contributed by atoms with Crippen molar-refractivity contribution in [2.45, 2.75) is 32.6 Å². The minimum atomic E-state index is -0.218. The molecule has 1 aliphatic rings. The fourth-order valence-corrected chi connectivity index (χ4v) is 2.75. The molecular formula is C17H25NO2. The zero-order valence-corrected chi connectivity index (χ0v) is 12.7. The summed E-state index contributed by atoms with van der Waals surface area (Å²) in [5.41, 5.74) is 1.47. The predicted molar refractivity (Wildman–Crippen MR) is 80.6 cm³/mol. The molecule has 1 atom stereocenters. The highest BCUT2D eigenvalue weighted by Gasteiger charge is 2.44. The van der Waals surface area contributed by atoms with Crippen LogP contribution in [0.1, 0.15) is 38.2 Å². The summed E-state index contributed by atoms with van der Waals surface area (Å²) in [5, 5.41) is 3.48. The second-order valence-electron chi connectivity index (χ2n) is 6.13. The van der Waals surface area contributed by atoms with Crippen LogP contribution in [0, 0.1) is 11.3 Å². The smallest absolute Gasteiger partial charge is 0.314 e. The SMILES string of the molecule is COC(=O)C(CNCC1(C(C)C)CC1)c1ccccc1. The lowest BCUT2D eigenvalue weighted by Gasteiger charge is -2.22. The van der Waals surface area contributed by atoms with Crippen molar-refractivity contribution in [1.29, 1.82) is 0 Å². The Morgan fingerprint density at radius 2 is 1.95 bits per heavy atom. The van der Waals surface area contributed by atoms with Gasteiger partial charge in [0.1, 0.15) is 0 Å². The van der Waals surface area contributed by atoms with Gasteiger partial charge in [-0.25, -0.2) is 0 Å². The molecule has 3 nitrogen and oxygen atoms in total. The van der Waals surface area contributed by atoms with E-state index in [0.29, 0.717) is 17.9 Å². The van der Waals surface area contributed by atoms with E-state index in [9.17, 15) is 4.79 Å². The molecule has 1 saturated carbocycles. The first kappa shape index (κ1) is 15.0. The van der Waals surface area contributed by atoms with Crippen molar-refractivity contribution in [2.24, 2.45) is 11.3 Å². The van der Waals surface area contributed by atoms with Crippen LogP contribution in [0.25, 0.3) is 0 Å². The molecule has 0 aromatic heterocycles. The Kier molecular flexibility index (Phi) is 4.81. The molecule has 1 aliphatic carbocycles. The van der Waals surface area contributed by atoms with E-state index in [1.807, 2.05) is 30.3 Å². The minimum absolute atomic E-state index is 0.168. The highest BCUT2D eigenvalue weighted by atomic mass is 16.5. The van der Waals surface area contributed by atoms with Crippen LogP contribution in [0.3, 0.4) is 0 Å². The summed E-state index contributed by atoms with van der Waals surface area (Å²) in [5.74, 6) is 0.311. The molecular weight excluding hydrogens is 250 g/mol. The van der Waals surface area contributed by atoms with Gasteiger partial charge in [0.2, 0.25) is 0 Å². The Labute approximate surface area is 121 Å². The Balaban J connectivity index is 1.94. The molecule has 0 bridgehead atoms. The molecule has 0 spiro atoms. The minimum Gasteiger partial charge on any atom is -0.469 e. The van der Waals surface area contributed by atoms with E-state index in [4.69, 9.17) is 4.74 Å². The van der Waals surface area contributed by atoms with Gasteiger partial charge in [0.25, 0.3) is 0 Å². The van der Waals surface area contributed by atoms with Gasteiger partial charge in [-0.1, -0.05) is 44.2 Å². The van der Waals surface area contributed by atoms with Gasteiger partial charge < -0.3 is 10.1 Å². The van der Waals surface area contributed by atoms with Crippen molar-refractivity contribution in [1.82, 2.24) is 5.32 Å². The maximum absolute atomic E-state index is 12.0. The highest BCUT2D eigenvalue weighted by Crippen LogP contribution is 2.51. The number of hydrogen-bond acceptors (Lipinski definition) is 3. The Morgan fingerprint density at radius 1 is 1.30 bits per heavy atom. The number of nitrogens with one attached hydrogen (secondary N) is 1. The van der Waals surface area contributed by atoms with Crippen molar-refractivity contribution in [3.8, 4) is 0 Å². The third kappa shape index (κ3) is 3.40. The molecule has 0 aliphatic heterocycles. The Hall–Kier alpha value is -1.35. The van der Waals surface area contributed by atoms with Crippen LogP contribution in [0.2, 0.25) is 0 Å². The van der Waals surface area contributed by atoms with Gasteiger partial charge in [0.15, 0.2) is 0 Å². The summed E-state index contributed by atoms with van der Waals surface area (Å²) in [4.78, 5) is 12.0. The summed E-state index contributed by atoms with van der Waals surface area (Å²) in [6.45, 7) is 6.20. The lowest BCUT2D eigenvalue weighted by Crippen LogP contribution is -2.33. The van der Waals surface area contributed by atoms with E-state index in [0.717, 1.165) is 12.1 Å². The molecule has 20 heavy (non-hydrogen) atoms. The van der Waals surface area contributed by atoms with Crippen LogP contribution in [0.4, 0.5) is 0 Å².